The predicted octanol–water partition coefficient (Wildman–Crippen LogP) is 5.67. The summed E-state index contributed by atoms with van der Waals surface area (Å²) in [4.78, 5) is 0. The Labute approximate surface area is 139 Å². The van der Waals surface area contributed by atoms with Crippen molar-refractivity contribution in [2.45, 2.75) is 39.8 Å². The molecule has 0 N–H and O–H groups in total. The van der Waals surface area contributed by atoms with E-state index in [1.165, 1.54) is 0 Å². The molecule has 3 nitrogen and oxygen atoms in total. The molecule has 2 rings (SSSR count). The summed E-state index contributed by atoms with van der Waals surface area (Å²) >= 11 is 0. The van der Waals surface area contributed by atoms with Crippen molar-refractivity contribution in [1.82, 2.24) is 5.01 Å². The number of rotatable bonds is 6. The Morgan fingerprint density at radius 1 is 0.826 bits per heavy atom. The first-order chi connectivity index (χ1) is 11.1. The van der Waals surface area contributed by atoms with E-state index >= 15 is 0 Å². The summed E-state index contributed by atoms with van der Waals surface area (Å²) in [6, 6.07) is 21.0. The molecule has 0 aliphatic carbocycles. The van der Waals surface area contributed by atoms with Crippen LogP contribution in [-0.4, -0.2) is 17.1 Å². The second-order valence-corrected chi connectivity index (χ2v) is 6.06. The van der Waals surface area contributed by atoms with Gasteiger partial charge >= 0.3 is 0 Å². The largest absolute Gasteiger partial charge is 0.273 e. The van der Waals surface area contributed by atoms with Crippen LogP contribution in [0.25, 0.3) is 11.8 Å². The van der Waals surface area contributed by atoms with Gasteiger partial charge in [-0.3, -0.25) is 5.01 Å². The van der Waals surface area contributed by atoms with E-state index in [1.54, 1.807) is 0 Å². The zero-order valence-corrected chi connectivity index (χ0v) is 14.3. The van der Waals surface area contributed by atoms with Crippen LogP contribution in [0.15, 0.2) is 71.0 Å². The van der Waals surface area contributed by atoms with E-state index in [0.717, 1.165) is 16.8 Å². The summed E-state index contributed by atoms with van der Waals surface area (Å²) in [5.74, 6) is 0. The van der Waals surface area contributed by atoms with E-state index in [0.29, 0.717) is 12.1 Å². The highest BCUT2D eigenvalue weighted by molar-refractivity contribution is 5.80. The summed E-state index contributed by atoms with van der Waals surface area (Å²) in [6.45, 7) is 8.51. The Balaban J connectivity index is 2.37. The molecule has 0 aromatic heterocycles. The third kappa shape index (κ3) is 5.06. The van der Waals surface area contributed by atoms with Crippen molar-refractivity contribution in [3.8, 4) is 0 Å². The highest BCUT2D eigenvalue weighted by Crippen LogP contribution is 2.21. The SMILES string of the molecule is CC(C)N(/N=N\C(=C/c1ccccc1)c1ccccc1)C(C)C. The fourth-order valence-corrected chi connectivity index (χ4v) is 2.39. The minimum Gasteiger partial charge on any atom is -0.273 e. The Bertz CT molecular complexity index is 635. The van der Waals surface area contributed by atoms with E-state index in [-0.39, 0.29) is 0 Å². The van der Waals surface area contributed by atoms with Gasteiger partial charge in [0, 0.05) is 17.6 Å². The fraction of sp³-hybridized carbons (Fsp3) is 0.300. The first-order valence-corrected chi connectivity index (χ1v) is 8.10. The van der Waals surface area contributed by atoms with Gasteiger partial charge in [0.2, 0.25) is 0 Å². The van der Waals surface area contributed by atoms with Gasteiger partial charge in [-0.15, -0.1) is 5.11 Å². The molecular weight excluding hydrogens is 282 g/mol. The van der Waals surface area contributed by atoms with E-state index in [1.807, 2.05) is 41.4 Å². The molecule has 3 heteroatoms. The van der Waals surface area contributed by atoms with E-state index in [4.69, 9.17) is 0 Å². The molecule has 0 bridgehead atoms. The second-order valence-electron chi connectivity index (χ2n) is 6.06. The van der Waals surface area contributed by atoms with Crippen molar-refractivity contribution >= 4 is 11.8 Å². The molecule has 120 valence electrons. The average molecular weight is 307 g/mol. The Morgan fingerprint density at radius 2 is 1.35 bits per heavy atom. The zero-order valence-electron chi connectivity index (χ0n) is 14.3. The van der Waals surface area contributed by atoms with Gasteiger partial charge in [-0.25, -0.2) is 0 Å². The second kappa shape index (κ2) is 8.28. The first kappa shape index (κ1) is 16.9. The molecule has 0 unspecified atom stereocenters. The van der Waals surface area contributed by atoms with Crippen LogP contribution in [0, 0.1) is 0 Å². The molecule has 0 amide bonds. The molecule has 0 saturated heterocycles. The van der Waals surface area contributed by atoms with Gasteiger partial charge in [-0.05, 0) is 39.3 Å². The van der Waals surface area contributed by atoms with Gasteiger partial charge < -0.3 is 0 Å². The average Bonchev–Trinajstić information content (AvgIpc) is 2.55. The Kier molecular flexibility index (Phi) is 6.10. The lowest BCUT2D eigenvalue weighted by Crippen LogP contribution is -2.31. The Morgan fingerprint density at radius 3 is 1.87 bits per heavy atom. The Hall–Kier alpha value is -2.42. The van der Waals surface area contributed by atoms with Gasteiger partial charge in [0.15, 0.2) is 0 Å². The van der Waals surface area contributed by atoms with Crippen molar-refractivity contribution in [2.75, 3.05) is 0 Å². The van der Waals surface area contributed by atoms with Crippen LogP contribution in [0.1, 0.15) is 38.8 Å². The summed E-state index contributed by atoms with van der Waals surface area (Å²) in [5.41, 5.74) is 3.04. The van der Waals surface area contributed by atoms with Crippen LogP contribution in [0.4, 0.5) is 0 Å². The van der Waals surface area contributed by atoms with Gasteiger partial charge in [0.05, 0.1) is 5.70 Å². The van der Waals surface area contributed by atoms with Crippen molar-refractivity contribution in [3.63, 3.8) is 0 Å². The van der Waals surface area contributed by atoms with Gasteiger partial charge in [0.1, 0.15) is 0 Å². The quantitative estimate of drug-likeness (QED) is 0.384. The van der Waals surface area contributed by atoms with Crippen LogP contribution < -0.4 is 0 Å². The normalized spacial score (nSPS) is 12.3. The zero-order chi connectivity index (χ0) is 16.7. The summed E-state index contributed by atoms with van der Waals surface area (Å²) in [5, 5.41) is 11.0. The first-order valence-electron chi connectivity index (χ1n) is 8.10. The van der Waals surface area contributed by atoms with E-state index in [2.05, 4.69) is 68.4 Å². The number of benzene rings is 2. The molecule has 0 aliphatic heterocycles. The minimum atomic E-state index is 0.312. The maximum absolute atomic E-state index is 4.54. The lowest BCUT2D eigenvalue weighted by molar-refractivity contribution is 0.170. The van der Waals surface area contributed by atoms with Crippen molar-refractivity contribution < 1.29 is 0 Å². The standard InChI is InChI=1S/C20H25N3/c1-16(2)23(17(3)4)22-21-20(19-13-9-6-10-14-19)15-18-11-7-5-8-12-18/h5-17H,1-4H3/b20-15-,22-21-. The summed E-state index contributed by atoms with van der Waals surface area (Å²) in [7, 11) is 0. The molecule has 0 saturated carbocycles. The molecule has 0 aliphatic rings. The highest BCUT2D eigenvalue weighted by atomic mass is 15.6. The molecule has 0 spiro atoms. The molecule has 0 heterocycles. The molecule has 23 heavy (non-hydrogen) atoms. The molecule has 0 fully saturated rings. The third-order valence-electron chi connectivity index (χ3n) is 3.49. The monoisotopic (exact) mass is 307 g/mol. The van der Waals surface area contributed by atoms with Crippen molar-refractivity contribution in [1.29, 1.82) is 0 Å². The highest BCUT2D eigenvalue weighted by Gasteiger charge is 2.11. The topological polar surface area (TPSA) is 28.0 Å². The number of hydrogen-bond donors (Lipinski definition) is 0. The van der Waals surface area contributed by atoms with Gasteiger partial charge in [-0.1, -0.05) is 65.9 Å². The number of nitrogens with zero attached hydrogens (tertiary/aromatic N) is 3. The predicted molar refractivity (Wildman–Crippen MR) is 97.7 cm³/mol. The smallest absolute Gasteiger partial charge is 0.0952 e. The van der Waals surface area contributed by atoms with E-state index in [9.17, 15) is 0 Å². The van der Waals surface area contributed by atoms with Crippen molar-refractivity contribution in [2.24, 2.45) is 10.3 Å². The molecule has 2 aromatic carbocycles. The third-order valence-corrected chi connectivity index (χ3v) is 3.49. The molecule has 0 radical (unpaired) electrons. The number of hydrogen-bond acceptors (Lipinski definition) is 2. The van der Waals surface area contributed by atoms with Crippen LogP contribution in [-0.2, 0) is 0 Å². The molecule has 2 aromatic rings. The lowest BCUT2D eigenvalue weighted by Gasteiger charge is -2.25. The van der Waals surface area contributed by atoms with Gasteiger partial charge in [-0.2, -0.15) is 0 Å². The van der Waals surface area contributed by atoms with Gasteiger partial charge in [0.25, 0.3) is 0 Å². The maximum Gasteiger partial charge on any atom is 0.0952 e. The fourth-order valence-electron chi connectivity index (χ4n) is 2.39. The maximum atomic E-state index is 4.54. The van der Waals surface area contributed by atoms with Crippen LogP contribution >= 0.6 is 0 Å². The lowest BCUT2D eigenvalue weighted by atomic mass is 10.1. The van der Waals surface area contributed by atoms with Crippen molar-refractivity contribution in [3.05, 3.63) is 71.8 Å². The van der Waals surface area contributed by atoms with Crippen LogP contribution in [0.5, 0.6) is 0 Å². The molecule has 0 atom stereocenters. The van der Waals surface area contributed by atoms with Crippen LogP contribution in [0.3, 0.4) is 0 Å². The summed E-state index contributed by atoms with van der Waals surface area (Å²) in [6.07, 6.45) is 2.07. The molecular formula is C20H25N3. The minimum absolute atomic E-state index is 0.312. The summed E-state index contributed by atoms with van der Waals surface area (Å²) < 4.78 is 0. The van der Waals surface area contributed by atoms with E-state index < -0.39 is 0 Å². The van der Waals surface area contributed by atoms with Crippen LogP contribution in [0.2, 0.25) is 0 Å².